The largest absolute Gasteiger partial charge is 0.361 e. The smallest absolute Gasteiger partial charge is 0.170 e. The van der Waals surface area contributed by atoms with Crippen LogP contribution in [0.3, 0.4) is 0 Å². The lowest BCUT2D eigenvalue weighted by Gasteiger charge is -2.26. The second-order valence-corrected chi connectivity index (χ2v) is 6.58. The Morgan fingerprint density at radius 1 is 1.30 bits per heavy atom. The molecule has 0 unspecified atom stereocenters. The molecule has 1 aliphatic rings. The van der Waals surface area contributed by atoms with Gasteiger partial charge < -0.3 is 15.5 Å². The molecule has 1 saturated heterocycles. The molecule has 1 fully saturated rings. The third-order valence-electron chi connectivity index (χ3n) is 3.34. The van der Waals surface area contributed by atoms with Crippen LogP contribution >= 0.6 is 39.7 Å². The van der Waals surface area contributed by atoms with E-state index >= 15 is 0 Å². The summed E-state index contributed by atoms with van der Waals surface area (Å²) in [5, 5.41) is 7.69. The van der Waals surface area contributed by atoms with Crippen molar-refractivity contribution in [2.24, 2.45) is 0 Å². The minimum atomic E-state index is 0.639. The molecule has 6 heteroatoms. The Hall–Kier alpha value is -0.360. The molecular weight excluding hydrogens is 358 g/mol. The Morgan fingerprint density at radius 3 is 2.75 bits per heavy atom. The lowest BCUT2D eigenvalue weighted by atomic mass is 10.1. The summed E-state index contributed by atoms with van der Waals surface area (Å²) in [5.74, 6) is 0. The molecule has 0 spiro atoms. The molecule has 0 aromatic heterocycles. The number of benzene rings is 1. The number of likely N-dealkylation sites (tertiary alicyclic amines) is 1. The van der Waals surface area contributed by atoms with Crippen molar-refractivity contribution in [2.45, 2.75) is 19.3 Å². The van der Waals surface area contributed by atoms with Gasteiger partial charge in [-0.3, -0.25) is 0 Å². The zero-order valence-corrected chi connectivity index (χ0v) is 14.5. The molecule has 0 radical (unpaired) electrons. The predicted molar refractivity (Wildman–Crippen MR) is 93.7 cm³/mol. The van der Waals surface area contributed by atoms with E-state index in [1.165, 1.54) is 32.4 Å². The summed E-state index contributed by atoms with van der Waals surface area (Å²) in [6, 6.07) is 5.69. The Balaban J connectivity index is 1.70. The first-order valence-electron chi connectivity index (χ1n) is 6.87. The average Bonchev–Trinajstić information content (AvgIpc) is 2.44. The molecule has 20 heavy (non-hydrogen) atoms. The van der Waals surface area contributed by atoms with Crippen LogP contribution in [0.4, 0.5) is 5.69 Å². The molecule has 0 bridgehead atoms. The summed E-state index contributed by atoms with van der Waals surface area (Å²) in [4.78, 5) is 2.48. The minimum Gasteiger partial charge on any atom is -0.361 e. The summed E-state index contributed by atoms with van der Waals surface area (Å²) >= 11 is 14.7. The van der Waals surface area contributed by atoms with Crippen LogP contribution < -0.4 is 10.6 Å². The number of piperidine rings is 1. The highest BCUT2D eigenvalue weighted by molar-refractivity contribution is 9.10. The molecule has 1 aromatic carbocycles. The standard InChI is InChI=1S/C14H19BrClN3S/c15-12-5-4-11(10-13(12)16)18-14(20)17-6-9-19-7-2-1-3-8-19/h4-5,10H,1-3,6-9H2,(H2,17,18,20). The zero-order chi connectivity index (χ0) is 14.4. The highest BCUT2D eigenvalue weighted by Gasteiger charge is 2.09. The predicted octanol–water partition coefficient (Wildman–Crippen LogP) is 3.87. The van der Waals surface area contributed by atoms with Crippen LogP contribution in [0, 0.1) is 0 Å². The van der Waals surface area contributed by atoms with E-state index in [4.69, 9.17) is 23.8 Å². The Kier molecular flexibility index (Phi) is 6.55. The van der Waals surface area contributed by atoms with Crippen LogP contribution in [0.1, 0.15) is 19.3 Å². The normalized spacial score (nSPS) is 15.9. The van der Waals surface area contributed by atoms with Crippen molar-refractivity contribution in [1.82, 2.24) is 10.2 Å². The maximum absolute atomic E-state index is 6.05. The quantitative estimate of drug-likeness (QED) is 0.780. The fourth-order valence-electron chi connectivity index (χ4n) is 2.26. The summed E-state index contributed by atoms with van der Waals surface area (Å²) in [6.07, 6.45) is 4.01. The molecule has 1 aromatic rings. The summed E-state index contributed by atoms with van der Waals surface area (Å²) < 4.78 is 0.883. The van der Waals surface area contributed by atoms with Gasteiger partial charge in [-0.25, -0.2) is 0 Å². The van der Waals surface area contributed by atoms with E-state index in [2.05, 4.69) is 31.5 Å². The highest BCUT2D eigenvalue weighted by Crippen LogP contribution is 2.25. The topological polar surface area (TPSA) is 27.3 Å². The van der Waals surface area contributed by atoms with Gasteiger partial charge in [0.25, 0.3) is 0 Å². The van der Waals surface area contributed by atoms with Gasteiger partial charge in [0.1, 0.15) is 0 Å². The van der Waals surface area contributed by atoms with Gasteiger partial charge in [0.15, 0.2) is 5.11 Å². The van der Waals surface area contributed by atoms with Crippen LogP contribution in [0.5, 0.6) is 0 Å². The van der Waals surface area contributed by atoms with E-state index in [0.717, 1.165) is 23.2 Å². The number of nitrogens with one attached hydrogen (secondary N) is 2. The Morgan fingerprint density at radius 2 is 2.05 bits per heavy atom. The second kappa shape index (κ2) is 8.17. The van der Waals surface area contributed by atoms with Gasteiger partial charge in [-0.2, -0.15) is 0 Å². The summed E-state index contributed by atoms with van der Waals surface area (Å²) in [7, 11) is 0. The van der Waals surface area contributed by atoms with Gasteiger partial charge in [0.2, 0.25) is 0 Å². The minimum absolute atomic E-state index is 0.639. The Labute approximate surface area is 139 Å². The molecule has 1 heterocycles. The number of rotatable bonds is 4. The van der Waals surface area contributed by atoms with Gasteiger partial charge in [-0.05, 0) is 72.3 Å². The van der Waals surface area contributed by atoms with Crippen molar-refractivity contribution < 1.29 is 0 Å². The first-order valence-corrected chi connectivity index (χ1v) is 8.45. The molecule has 1 aliphatic heterocycles. The fourth-order valence-corrected chi connectivity index (χ4v) is 2.91. The van der Waals surface area contributed by atoms with Crippen molar-refractivity contribution in [1.29, 1.82) is 0 Å². The van der Waals surface area contributed by atoms with Gasteiger partial charge in [-0.1, -0.05) is 18.0 Å². The molecule has 0 saturated carbocycles. The SMILES string of the molecule is S=C(NCCN1CCCCC1)Nc1ccc(Br)c(Cl)c1. The number of hydrogen-bond donors (Lipinski definition) is 2. The lowest BCUT2D eigenvalue weighted by Crippen LogP contribution is -2.38. The van der Waals surface area contributed by atoms with E-state index in [-0.39, 0.29) is 0 Å². The monoisotopic (exact) mass is 375 g/mol. The third-order valence-corrected chi connectivity index (χ3v) is 4.82. The second-order valence-electron chi connectivity index (χ2n) is 4.91. The van der Waals surface area contributed by atoms with Crippen molar-refractivity contribution in [2.75, 3.05) is 31.5 Å². The summed E-state index contributed by atoms with van der Waals surface area (Å²) in [5.41, 5.74) is 0.897. The maximum atomic E-state index is 6.05. The van der Waals surface area contributed by atoms with Crippen LogP contribution in [-0.2, 0) is 0 Å². The first kappa shape index (κ1) is 16.0. The number of halogens is 2. The summed E-state index contributed by atoms with van der Waals surface area (Å²) in [6.45, 7) is 4.34. The number of anilines is 1. The third kappa shape index (κ3) is 5.20. The number of thiocarbonyl (C=S) groups is 1. The van der Waals surface area contributed by atoms with Gasteiger partial charge in [0.05, 0.1) is 5.02 Å². The van der Waals surface area contributed by atoms with Crippen molar-refractivity contribution >= 4 is 50.5 Å². The van der Waals surface area contributed by atoms with E-state index in [9.17, 15) is 0 Å². The van der Waals surface area contributed by atoms with Crippen LogP contribution in [0.25, 0.3) is 0 Å². The van der Waals surface area contributed by atoms with E-state index < -0.39 is 0 Å². The lowest BCUT2D eigenvalue weighted by molar-refractivity contribution is 0.232. The van der Waals surface area contributed by atoms with Gasteiger partial charge in [0, 0.05) is 23.2 Å². The molecule has 3 nitrogen and oxygen atoms in total. The van der Waals surface area contributed by atoms with Gasteiger partial charge in [-0.15, -0.1) is 0 Å². The molecule has 0 atom stereocenters. The van der Waals surface area contributed by atoms with Crippen molar-refractivity contribution in [3.05, 3.63) is 27.7 Å². The first-order chi connectivity index (χ1) is 9.65. The van der Waals surface area contributed by atoms with Crippen LogP contribution in [-0.4, -0.2) is 36.2 Å². The van der Waals surface area contributed by atoms with E-state index in [1.807, 2.05) is 18.2 Å². The molecule has 2 N–H and O–H groups in total. The van der Waals surface area contributed by atoms with Gasteiger partial charge >= 0.3 is 0 Å². The highest BCUT2D eigenvalue weighted by atomic mass is 79.9. The average molecular weight is 377 g/mol. The molecule has 2 rings (SSSR count). The molecule has 110 valence electrons. The molecular formula is C14H19BrClN3S. The van der Waals surface area contributed by atoms with Crippen LogP contribution in [0.2, 0.25) is 5.02 Å². The number of hydrogen-bond acceptors (Lipinski definition) is 2. The van der Waals surface area contributed by atoms with E-state index in [0.29, 0.717) is 10.1 Å². The number of nitrogens with zero attached hydrogens (tertiary/aromatic N) is 1. The van der Waals surface area contributed by atoms with E-state index in [1.54, 1.807) is 0 Å². The molecule has 0 amide bonds. The Bertz CT molecular complexity index is 464. The maximum Gasteiger partial charge on any atom is 0.170 e. The van der Waals surface area contributed by atoms with Crippen molar-refractivity contribution in [3.8, 4) is 0 Å². The fraction of sp³-hybridized carbons (Fsp3) is 0.500. The zero-order valence-electron chi connectivity index (χ0n) is 11.3. The van der Waals surface area contributed by atoms with Crippen molar-refractivity contribution in [3.63, 3.8) is 0 Å². The molecule has 0 aliphatic carbocycles. The van der Waals surface area contributed by atoms with Crippen LogP contribution in [0.15, 0.2) is 22.7 Å².